The van der Waals surface area contributed by atoms with E-state index in [1.807, 2.05) is 0 Å². The molecule has 164 valence electrons. The molecule has 0 aliphatic carbocycles. The summed E-state index contributed by atoms with van der Waals surface area (Å²) in [5, 5.41) is 15.7. The summed E-state index contributed by atoms with van der Waals surface area (Å²) in [6.45, 7) is 3.16. The highest BCUT2D eigenvalue weighted by Gasteiger charge is 2.36. The lowest BCUT2D eigenvalue weighted by atomic mass is 9.92. The van der Waals surface area contributed by atoms with Gasteiger partial charge in [-0.05, 0) is 25.5 Å². The third kappa shape index (κ3) is 5.20. The predicted octanol–water partition coefficient (Wildman–Crippen LogP) is 1.84. The second kappa shape index (κ2) is 9.44. The molecule has 0 bridgehead atoms. The number of anilines is 1. The van der Waals surface area contributed by atoms with Gasteiger partial charge in [0.1, 0.15) is 35.7 Å². The average molecular weight is 429 g/mol. The van der Waals surface area contributed by atoms with Crippen LogP contribution in [0.2, 0.25) is 0 Å². The van der Waals surface area contributed by atoms with Crippen LogP contribution in [0, 0.1) is 11.6 Å². The first kappa shape index (κ1) is 21.3. The predicted molar refractivity (Wildman–Crippen MR) is 110 cm³/mol. The summed E-state index contributed by atoms with van der Waals surface area (Å²) in [5.74, 6) is -0.655. The zero-order valence-corrected chi connectivity index (χ0v) is 17.1. The molecule has 1 atom stereocenters. The van der Waals surface area contributed by atoms with Crippen LogP contribution in [0.15, 0.2) is 49.4 Å². The summed E-state index contributed by atoms with van der Waals surface area (Å²) in [4.78, 5) is 16.7. The Balaban J connectivity index is 1.55. The van der Waals surface area contributed by atoms with Crippen LogP contribution in [-0.2, 0) is 12.1 Å². The van der Waals surface area contributed by atoms with E-state index in [2.05, 4.69) is 29.9 Å². The molecule has 31 heavy (non-hydrogen) atoms. The molecule has 0 radical (unpaired) electrons. The number of benzene rings is 1. The maximum Gasteiger partial charge on any atom is 0.147 e. The fourth-order valence-corrected chi connectivity index (χ4v) is 4.01. The molecule has 10 heteroatoms. The van der Waals surface area contributed by atoms with Crippen molar-refractivity contribution in [1.82, 2.24) is 29.6 Å². The molecule has 8 nitrogen and oxygen atoms in total. The Labute approximate surface area is 179 Å². The molecule has 1 unspecified atom stereocenters. The summed E-state index contributed by atoms with van der Waals surface area (Å²) >= 11 is 0. The van der Waals surface area contributed by atoms with E-state index >= 15 is 0 Å². The van der Waals surface area contributed by atoms with Gasteiger partial charge in [-0.2, -0.15) is 5.10 Å². The standard InChI is InChI=1S/C21H25F2N7O/c22-17-3-4-18(19(23)11-17)21(31,14-30-16-25-15-27-30)13-28-7-1-2-8-29(10-9-28)20-12-24-5-6-26-20/h3-6,11-12,15-16,31H,1-2,7-10,13-14H2. The first-order chi connectivity index (χ1) is 15.0. The van der Waals surface area contributed by atoms with Gasteiger partial charge in [-0.3, -0.25) is 9.88 Å². The smallest absolute Gasteiger partial charge is 0.147 e. The second-order valence-corrected chi connectivity index (χ2v) is 7.78. The van der Waals surface area contributed by atoms with Crippen molar-refractivity contribution in [2.45, 2.75) is 25.0 Å². The lowest BCUT2D eigenvalue weighted by Crippen LogP contribution is -2.48. The number of hydrogen-bond donors (Lipinski definition) is 1. The van der Waals surface area contributed by atoms with E-state index in [0.717, 1.165) is 43.9 Å². The van der Waals surface area contributed by atoms with Crippen LogP contribution in [0.1, 0.15) is 18.4 Å². The number of aromatic nitrogens is 5. The first-order valence-electron chi connectivity index (χ1n) is 10.3. The minimum Gasteiger partial charge on any atom is -0.382 e. The molecule has 1 fully saturated rings. The third-order valence-corrected chi connectivity index (χ3v) is 5.52. The Bertz CT molecular complexity index is 973. The van der Waals surface area contributed by atoms with Crippen molar-refractivity contribution >= 4 is 5.82 Å². The first-order valence-corrected chi connectivity index (χ1v) is 10.3. The quantitative estimate of drug-likeness (QED) is 0.640. The molecule has 1 aliphatic rings. The van der Waals surface area contributed by atoms with Gasteiger partial charge in [-0.1, -0.05) is 6.07 Å². The zero-order chi connectivity index (χ0) is 21.7. The van der Waals surface area contributed by atoms with Crippen LogP contribution in [0.4, 0.5) is 14.6 Å². The molecular weight excluding hydrogens is 404 g/mol. The fourth-order valence-electron chi connectivity index (χ4n) is 4.01. The minimum absolute atomic E-state index is 0.0000719. The molecule has 1 aliphatic heterocycles. The summed E-state index contributed by atoms with van der Waals surface area (Å²) < 4.78 is 29.6. The normalized spacial score (nSPS) is 17.7. The monoisotopic (exact) mass is 429 g/mol. The van der Waals surface area contributed by atoms with Crippen molar-refractivity contribution in [1.29, 1.82) is 0 Å². The van der Waals surface area contributed by atoms with E-state index in [0.29, 0.717) is 13.1 Å². The van der Waals surface area contributed by atoms with Gasteiger partial charge in [-0.15, -0.1) is 0 Å². The van der Waals surface area contributed by atoms with Crippen molar-refractivity contribution in [2.24, 2.45) is 0 Å². The molecule has 1 aromatic carbocycles. The highest BCUT2D eigenvalue weighted by molar-refractivity contribution is 5.35. The molecule has 0 amide bonds. The Kier molecular flexibility index (Phi) is 6.47. The van der Waals surface area contributed by atoms with Crippen LogP contribution < -0.4 is 4.90 Å². The van der Waals surface area contributed by atoms with E-state index in [-0.39, 0.29) is 18.7 Å². The van der Waals surface area contributed by atoms with E-state index in [1.165, 1.54) is 23.4 Å². The van der Waals surface area contributed by atoms with Crippen molar-refractivity contribution in [3.05, 3.63) is 66.6 Å². The molecule has 4 rings (SSSR count). The molecular formula is C21H25F2N7O. The van der Waals surface area contributed by atoms with Crippen LogP contribution in [0.25, 0.3) is 0 Å². The largest absolute Gasteiger partial charge is 0.382 e. The van der Waals surface area contributed by atoms with Gasteiger partial charge in [0, 0.05) is 50.2 Å². The highest BCUT2D eigenvalue weighted by atomic mass is 19.1. The summed E-state index contributed by atoms with van der Waals surface area (Å²) in [6, 6.07) is 3.26. The zero-order valence-electron chi connectivity index (χ0n) is 17.1. The number of aliphatic hydroxyl groups is 1. The topological polar surface area (TPSA) is 83.2 Å². The Morgan fingerprint density at radius 1 is 1.00 bits per heavy atom. The van der Waals surface area contributed by atoms with Gasteiger partial charge in [0.15, 0.2) is 0 Å². The van der Waals surface area contributed by atoms with Crippen molar-refractivity contribution in [3.63, 3.8) is 0 Å². The van der Waals surface area contributed by atoms with Gasteiger partial charge in [-0.25, -0.2) is 23.4 Å². The molecule has 2 aromatic heterocycles. The third-order valence-electron chi connectivity index (χ3n) is 5.52. The van der Waals surface area contributed by atoms with Gasteiger partial charge < -0.3 is 10.0 Å². The number of halogens is 2. The van der Waals surface area contributed by atoms with E-state index in [9.17, 15) is 13.9 Å². The molecule has 0 spiro atoms. The summed E-state index contributed by atoms with van der Waals surface area (Å²) in [7, 11) is 0. The minimum atomic E-state index is -1.61. The second-order valence-electron chi connectivity index (χ2n) is 7.78. The Morgan fingerprint density at radius 2 is 1.87 bits per heavy atom. The molecule has 0 saturated carbocycles. The number of nitrogens with zero attached hydrogens (tertiary/aromatic N) is 7. The van der Waals surface area contributed by atoms with Crippen molar-refractivity contribution in [3.8, 4) is 0 Å². The van der Waals surface area contributed by atoms with E-state index in [4.69, 9.17) is 0 Å². The van der Waals surface area contributed by atoms with Crippen molar-refractivity contribution < 1.29 is 13.9 Å². The van der Waals surface area contributed by atoms with Crippen LogP contribution in [0.5, 0.6) is 0 Å². The average Bonchev–Trinajstić information content (AvgIpc) is 3.23. The van der Waals surface area contributed by atoms with Gasteiger partial charge in [0.05, 0.1) is 12.7 Å². The van der Waals surface area contributed by atoms with Crippen LogP contribution >= 0.6 is 0 Å². The summed E-state index contributed by atoms with van der Waals surface area (Å²) in [5.41, 5.74) is -1.57. The van der Waals surface area contributed by atoms with Crippen LogP contribution in [0.3, 0.4) is 0 Å². The molecule has 1 saturated heterocycles. The van der Waals surface area contributed by atoms with Gasteiger partial charge >= 0.3 is 0 Å². The van der Waals surface area contributed by atoms with E-state index < -0.39 is 17.2 Å². The molecule has 3 heterocycles. The fraction of sp³-hybridized carbons (Fsp3) is 0.429. The van der Waals surface area contributed by atoms with Gasteiger partial charge in [0.2, 0.25) is 0 Å². The molecule has 3 aromatic rings. The van der Waals surface area contributed by atoms with Crippen LogP contribution in [-0.4, -0.2) is 67.5 Å². The Morgan fingerprint density at radius 3 is 2.61 bits per heavy atom. The van der Waals surface area contributed by atoms with Crippen molar-refractivity contribution in [2.75, 3.05) is 37.6 Å². The maximum atomic E-state index is 14.7. The maximum absolute atomic E-state index is 14.7. The number of hydrogen-bond acceptors (Lipinski definition) is 7. The molecule has 1 N–H and O–H groups in total. The SMILES string of the molecule is OC(CN1CCCCN(c2cnccn2)CC1)(Cn1cncn1)c1ccc(F)cc1F. The Hall–Kier alpha value is -2.98. The van der Waals surface area contributed by atoms with E-state index in [1.54, 1.807) is 18.6 Å². The van der Waals surface area contributed by atoms with Gasteiger partial charge in [0.25, 0.3) is 0 Å². The lowest BCUT2D eigenvalue weighted by molar-refractivity contribution is -0.0219. The number of rotatable bonds is 6. The number of β-amino-alcohol motifs (C(OH)–C–C–N with tert-alkyl or cyclic N) is 1. The summed E-state index contributed by atoms with van der Waals surface area (Å²) in [6.07, 6.45) is 9.75. The highest BCUT2D eigenvalue weighted by Crippen LogP contribution is 2.28. The lowest BCUT2D eigenvalue weighted by Gasteiger charge is -2.37.